The monoisotopic (exact) mass is 363 g/mol. The molecule has 1 aromatic carbocycles. The molecular formula is C13H22BrN3O2S. The molecule has 0 heterocycles. The number of rotatable bonds is 7. The summed E-state index contributed by atoms with van der Waals surface area (Å²) < 4.78 is 27.6. The molecule has 114 valence electrons. The Morgan fingerprint density at radius 1 is 1.40 bits per heavy atom. The van der Waals surface area contributed by atoms with Gasteiger partial charge < -0.3 is 10.6 Å². The van der Waals surface area contributed by atoms with Gasteiger partial charge in [-0.25, -0.2) is 13.1 Å². The lowest BCUT2D eigenvalue weighted by molar-refractivity contribution is 0.278. The third-order valence-corrected chi connectivity index (χ3v) is 5.60. The van der Waals surface area contributed by atoms with Crippen LogP contribution in [-0.4, -0.2) is 39.5 Å². The Balaban J connectivity index is 2.74. The normalized spacial score (nSPS) is 12.3. The van der Waals surface area contributed by atoms with Crippen molar-refractivity contribution in [3.63, 3.8) is 0 Å². The Labute approximate surface area is 129 Å². The van der Waals surface area contributed by atoms with Crippen LogP contribution >= 0.6 is 15.9 Å². The molecule has 0 aliphatic heterocycles. The van der Waals surface area contributed by atoms with Gasteiger partial charge in [-0.1, -0.05) is 6.07 Å². The standard InChI is InChI=1S/C13H22BrN3O2S/c1-10(2)17(3)7-6-16-20(18,19)13-5-4-11(9-15)8-12(13)14/h4-5,8,10,16H,6-7,9,15H2,1-3H3. The molecule has 5 nitrogen and oxygen atoms in total. The fourth-order valence-corrected chi connectivity index (χ4v) is 3.73. The maximum atomic E-state index is 12.2. The first-order valence-corrected chi connectivity index (χ1v) is 8.74. The molecule has 0 saturated heterocycles. The van der Waals surface area contributed by atoms with Crippen LogP contribution < -0.4 is 10.5 Å². The van der Waals surface area contributed by atoms with Gasteiger partial charge in [0.25, 0.3) is 0 Å². The van der Waals surface area contributed by atoms with Gasteiger partial charge in [0.15, 0.2) is 0 Å². The topological polar surface area (TPSA) is 75.4 Å². The lowest BCUT2D eigenvalue weighted by Crippen LogP contribution is -2.36. The average molecular weight is 364 g/mol. The Morgan fingerprint density at radius 2 is 2.05 bits per heavy atom. The van der Waals surface area contributed by atoms with Crippen molar-refractivity contribution >= 4 is 26.0 Å². The van der Waals surface area contributed by atoms with Crippen molar-refractivity contribution in [2.24, 2.45) is 5.73 Å². The molecule has 7 heteroatoms. The zero-order valence-electron chi connectivity index (χ0n) is 12.1. The summed E-state index contributed by atoms with van der Waals surface area (Å²) in [5.74, 6) is 0. The minimum atomic E-state index is -3.50. The maximum absolute atomic E-state index is 12.2. The molecule has 0 saturated carbocycles. The molecule has 0 aliphatic rings. The molecule has 3 N–H and O–H groups in total. The highest BCUT2D eigenvalue weighted by atomic mass is 79.9. The summed E-state index contributed by atoms with van der Waals surface area (Å²) in [6, 6.07) is 5.41. The number of nitrogens with zero attached hydrogens (tertiary/aromatic N) is 1. The number of likely N-dealkylation sites (N-methyl/N-ethyl adjacent to an activating group) is 1. The Kier molecular flexibility index (Phi) is 6.60. The van der Waals surface area contributed by atoms with E-state index >= 15 is 0 Å². The Bertz CT molecular complexity index is 547. The summed E-state index contributed by atoms with van der Waals surface area (Å²) in [4.78, 5) is 2.32. The fourth-order valence-electron chi connectivity index (χ4n) is 1.58. The second-order valence-corrected chi connectivity index (χ2v) is 7.53. The quantitative estimate of drug-likeness (QED) is 0.769. The molecule has 20 heavy (non-hydrogen) atoms. The first-order chi connectivity index (χ1) is 9.27. The highest BCUT2D eigenvalue weighted by molar-refractivity contribution is 9.10. The summed E-state index contributed by atoms with van der Waals surface area (Å²) >= 11 is 3.28. The zero-order valence-corrected chi connectivity index (χ0v) is 14.5. The van der Waals surface area contributed by atoms with Crippen molar-refractivity contribution in [2.45, 2.75) is 31.3 Å². The summed E-state index contributed by atoms with van der Waals surface area (Å²) in [6.07, 6.45) is 0. The molecule has 0 bridgehead atoms. The van der Waals surface area contributed by atoms with Crippen LogP contribution in [0.4, 0.5) is 0 Å². The molecule has 0 unspecified atom stereocenters. The number of nitrogens with one attached hydrogen (secondary N) is 1. The van der Waals surface area contributed by atoms with Crippen molar-refractivity contribution in [2.75, 3.05) is 20.1 Å². The molecule has 0 aliphatic carbocycles. The lowest BCUT2D eigenvalue weighted by Gasteiger charge is -2.21. The van der Waals surface area contributed by atoms with E-state index in [-0.39, 0.29) is 4.90 Å². The van der Waals surface area contributed by atoms with Gasteiger partial charge in [0.05, 0.1) is 4.90 Å². The third-order valence-electron chi connectivity index (χ3n) is 3.16. The number of halogens is 1. The number of benzene rings is 1. The van der Waals surface area contributed by atoms with Crippen LogP contribution in [-0.2, 0) is 16.6 Å². The number of hydrogen-bond donors (Lipinski definition) is 2. The Morgan fingerprint density at radius 3 is 2.55 bits per heavy atom. The highest BCUT2D eigenvalue weighted by Crippen LogP contribution is 2.22. The average Bonchev–Trinajstić information content (AvgIpc) is 2.37. The highest BCUT2D eigenvalue weighted by Gasteiger charge is 2.17. The van der Waals surface area contributed by atoms with Gasteiger partial charge in [-0.3, -0.25) is 0 Å². The first-order valence-electron chi connectivity index (χ1n) is 6.46. The van der Waals surface area contributed by atoms with E-state index < -0.39 is 10.0 Å². The fraction of sp³-hybridized carbons (Fsp3) is 0.538. The van der Waals surface area contributed by atoms with Gasteiger partial charge in [0.2, 0.25) is 10.0 Å². The number of sulfonamides is 1. The van der Waals surface area contributed by atoms with Gasteiger partial charge in [-0.15, -0.1) is 0 Å². The number of hydrogen-bond acceptors (Lipinski definition) is 4. The van der Waals surface area contributed by atoms with Gasteiger partial charge in [-0.2, -0.15) is 0 Å². The van der Waals surface area contributed by atoms with Crippen LogP contribution in [0.5, 0.6) is 0 Å². The van der Waals surface area contributed by atoms with Crippen LogP contribution in [0.25, 0.3) is 0 Å². The molecule has 0 atom stereocenters. The predicted molar refractivity (Wildman–Crippen MR) is 85.0 cm³/mol. The van der Waals surface area contributed by atoms with Crippen LogP contribution in [0, 0.1) is 0 Å². The molecule has 0 fully saturated rings. The van der Waals surface area contributed by atoms with Crippen molar-refractivity contribution < 1.29 is 8.42 Å². The van der Waals surface area contributed by atoms with E-state index in [4.69, 9.17) is 5.73 Å². The van der Waals surface area contributed by atoms with Gasteiger partial charge >= 0.3 is 0 Å². The summed E-state index contributed by atoms with van der Waals surface area (Å²) in [6.45, 7) is 5.55. The van der Waals surface area contributed by atoms with Crippen LogP contribution in [0.3, 0.4) is 0 Å². The molecule has 0 spiro atoms. The zero-order chi connectivity index (χ0) is 15.3. The van der Waals surface area contributed by atoms with Crippen molar-refractivity contribution in [1.82, 2.24) is 9.62 Å². The molecule has 1 rings (SSSR count). The van der Waals surface area contributed by atoms with E-state index in [9.17, 15) is 8.42 Å². The van der Waals surface area contributed by atoms with E-state index in [0.29, 0.717) is 30.1 Å². The van der Waals surface area contributed by atoms with Gasteiger partial charge in [0.1, 0.15) is 0 Å². The van der Waals surface area contributed by atoms with Gasteiger partial charge in [-0.05, 0) is 54.5 Å². The SMILES string of the molecule is CC(C)N(C)CCNS(=O)(=O)c1ccc(CN)cc1Br. The minimum absolute atomic E-state index is 0.238. The van der Waals surface area contributed by atoms with Crippen LogP contribution in [0.1, 0.15) is 19.4 Å². The first kappa shape index (κ1) is 17.6. The van der Waals surface area contributed by atoms with E-state index in [1.807, 2.05) is 7.05 Å². The largest absolute Gasteiger partial charge is 0.326 e. The molecular weight excluding hydrogens is 342 g/mol. The van der Waals surface area contributed by atoms with Crippen LogP contribution in [0.15, 0.2) is 27.6 Å². The van der Waals surface area contributed by atoms with E-state index in [1.165, 1.54) is 0 Å². The molecule has 0 aromatic heterocycles. The third kappa shape index (κ3) is 4.82. The van der Waals surface area contributed by atoms with E-state index in [1.54, 1.807) is 18.2 Å². The van der Waals surface area contributed by atoms with E-state index in [2.05, 4.69) is 39.4 Å². The second-order valence-electron chi connectivity index (χ2n) is 4.94. The predicted octanol–water partition coefficient (Wildman–Crippen LogP) is 1.53. The molecule has 1 aromatic rings. The van der Waals surface area contributed by atoms with Crippen molar-refractivity contribution in [1.29, 1.82) is 0 Å². The summed E-state index contributed by atoms with van der Waals surface area (Å²) in [7, 11) is -1.54. The minimum Gasteiger partial charge on any atom is -0.326 e. The molecule has 0 amide bonds. The van der Waals surface area contributed by atoms with Crippen LogP contribution in [0.2, 0.25) is 0 Å². The van der Waals surface area contributed by atoms with Gasteiger partial charge in [0, 0.05) is 30.1 Å². The Hall–Kier alpha value is -0.470. The summed E-state index contributed by atoms with van der Waals surface area (Å²) in [5.41, 5.74) is 6.41. The summed E-state index contributed by atoms with van der Waals surface area (Å²) in [5, 5.41) is 0. The maximum Gasteiger partial charge on any atom is 0.241 e. The van der Waals surface area contributed by atoms with E-state index in [0.717, 1.165) is 5.56 Å². The van der Waals surface area contributed by atoms with Crippen molar-refractivity contribution in [3.8, 4) is 0 Å². The van der Waals surface area contributed by atoms with Crippen molar-refractivity contribution in [3.05, 3.63) is 28.2 Å². The number of nitrogens with two attached hydrogens (primary N) is 1. The smallest absolute Gasteiger partial charge is 0.241 e. The second kappa shape index (κ2) is 7.51. The molecule has 0 radical (unpaired) electrons. The lowest BCUT2D eigenvalue weighted by atomic mass is 10.2.